The van der Waals surface area contributed by atoms with Gasteiger partial charge in [-0.2, -0.15) is 4.80 Å². The smallest absolute Gasteiger partial charge is 0.188 e. The quantitative estimate of drug-likeness (QED) is 0.810. The summed E-state index contributed by atoms with van der Waals surface area (Å²) >= 11 is 0. The Bertz CT molecular complexity index is 349. The lowest BCUT2D eigenvalue weighted by molar-refractivity contribution is 0.117. The molecule has 1 aliphatic heterocycles. The van der Waals surface area contributed by atoms with Crippen molar-refractivity contribution in [2.45, 2.75) is 45.3 Å². The van der Waals surface area contributed by atoms with Gasteiger partial charge in [-0.25, -0.2) is 0 Å². The second-order valence-corrected chi connectivity index (χ2v) is 4.88. The number of tetrazole rings is 1. The third-order valence-electron chi connectivity index (χ3n) is 3.24. The fourth-order valence-electron chi connectivity index (χ4n) is 2.41. The lowest BCUT2D eigenvalue weighted by Gasteiger charge is -2.38. The number of aromatic nitrogens is 4. The summed E-state index contributed by atoms with van der Waals surface area (Å²) in [4.78, 5) is 4.00. The first kappa shape index (κ1) is 12.4. The lowest BCUT2D eigenvalue weighted by atomic mass is 10.1. The van der Waals surface area contributed by atoms with Gasteiger partial charge >= 0.3 is 0 Å². The van der Waals surface area contributed by atoms with Gasteiger partial charge in [0.2, 0.25) is 0 Å². The average molecular weight is 238 g/mol. The first-order valence-corrected chi connectivity index (χ1v) is 6.39. The van der Waals surface area contributed by atoms with Crippen LogP contribution in [0.2, 0.25) is 0 Å². The summed E-state index contributed by atoms with van der Waals surface area (Å²) in [5, 5.41) is 15.7. The fourth-order valence-corrected chi connectivity index (χ4v) is 2.41. The van der Waals surface area contributed by atoms with Crippen LogP contribution in [-0.4, -0.2) is 50.3 Å². The zero-order valence-corrected chi connectivity index (χ0v) is 10.9. The molecule has 1 fully saturated rings. The molecule has 0 amide bonds. The Hall–Kier alpha value is -1.01. The van der Waals surface area contributed by atoms with Gasteiger partial charge in [-0.1, -0.05) is 13.3 Å². The normalized spacial score (nSPS) is 26.3. The van der Waals surface area contributed by atoms with Crippen LogP contribution in [0.1, 0.15) is 32.5 Å². The average Bonchev–Trinajstić information content (AvgIpc) is 2.68. The number of piperazine rings is 1. The molecule has 2 atom stereocenters. The molecule has 2 heterocycles. The topological polar surface area (TPSA) is 58.9 Å². The summed E-state index contributed by atoms with van der Waals surface area (Å²) in [6.45, 7) is 7.39. The maximum absolute atomic E-state index is 4.26. The second kappa shape index (κ2) is 5.55. The molecule has 1 aliphatic rings. The van der Waals surface area contributed by atoms with Crippen molar-refractivity contribution in [3.05, 3.63) is 5.82 Å². The molecule has 1 aromatic heterocycles. The molecule has 0 aliphatic carbocycles. The third-order valence-corrected chi connectivity index (χ3v) is 3.24. The first-order chi connectivity index (χ1) is 8.19. The van der Waals surface area contributed by atoms with E-state index in [1.165, 1.54) is 17.6 Å². The Balaban J connectivity index is 1.99. The van der Waals surface area contributed by atoms with Gasteiger partial charge in [-0.3, -0.25) is 4.90 Å². The van der Waals surface area contributed by atoms with Crippen molar-refractivity contribution in [2.24, 2.45) is 7.05 Å². The van der Waals surface area contributed by atoms with Crippen LogP contribution in [0.25, 0.3) is 0 Å². The maximum Gasteiger partial charge on any atom is 0.188 e. The van der Waals surface area contributed by atoms with Gasteiger partial charge in [-0.15, -0.1) is 10.2 Å². The van der Waals surface area contributed by atoms with Gasteiger partial charge in [0.05, 0.1) is 13.6 Å². The zero-order chi connectivity index (χ0) is 12.3. The van der Waals surface area contributed by atoms with Gasteiger partial charge < -0.3 is 5.32 Å². The predicted octanol–water partition coefficient (Wildman–Crippen LogP) is 0.173. The highest BCUT2D eigenvalue weighted by Crippen LogP contribution is 2.14. The van der Waals surface area contributed by atoms with E-state index in [9.17, 15) is 0 Å². The highest BCUT2D eigenvalue weighted by atomic mass is 15.6. The number of nitrogens with one attached hydrogen (secondary N) is 1. The Morgan fingerprint density at radius 2 is 2.29 bits per heavy atom. The monoisotopic (exact) mass is 238 g/mol. The summed E-state index contributed by atoms with van der Waals surface area (Å²) in [7, 11) is 1.81. The van der Waals surface area contributed by atoms with Crippen LogP contribution in [0, 0.1) is 0 Å². The molecule has 2 rings (SSSR count). The minimum atomic E-state index is 0.541. The van der Waals surface area contributed by atoms with Crippen LogP contribution < -0.4 is 5.32 Å². The molecule has 1 N–H and O–H groups in total. The van der Waals surface area contributed by atoms with Crippen LogP contribution in [0.15, 0.2) is 0 Å². The van der Waals surface area contributed by atoms with E-state index < -0.39 is 0 Å². The van der Waals surface area contributed by atoms with Crippen molar-refractivity contribution in [1.29, 1.82) is 0 Å². The Labute approximate surface area is 102 Å². The van der Waals surface area contributed by atoms with Crippen molar-refractivity contribution in [2.75, 3.05) is 13.1 Å². The van der Waals surface area contributed by atoms with E-state index in [1.807, 2.05) is 0 Å². The van der Waals surface area contributed by atoms with E-state index in [2.05, 4.69) is 39.5 Å². The van der Waals surface area contributed by atoms with Gasteiger partial charge in [0.15, 0.2) is 5.82 Å². The van der Waals surface area contributed by atoms with Crippen LogP contribution in [0.5, 0.6) is 0 Å². The first-order valence-electron chi connectivity index (χ1n) is 6.39. The fraction of sp³-hybridized carbons (Fsp3) is 0.909. The summed E-state index contributed by atoms with van der Waals surface area (Å²) in [6, 6.07) is 1.14. The number of aryl methyl sites for hydroxylation is 1. The third kappa shape index (κ3) is 3.23. The van der Waals surface area contributed by atoms with E-state index in [4.69, 9.17) is 0 Å². The second-order valence-electron chi connectivity index (χ2n) is 4.88. The van der Waals surface area contributed by atoms with Gasteiger partial charge in [0.25, 0.3) is 0 Å². The van der Waals surface area contributed by atoms with Crippen LogP contribution in [0.4, 0.5) is 0 Å². The summed E-state index contributed by atoms with van der Waals surface area (Å²) in [6.07, 6.45) is 2.44. The highest BCUT2D eigenvalue weighted by molar-refractivity contribution is 4.87. The standard InChI is InChI=1S/C11H22N6/c1-4-5-10-6-12-9(2)7-17(10)8-11-13-15-16(3)14-11/h9-10,12H,4-8H2,1-3H3. The number of hydrogen-bond donors (Lipinski definition) is 1. The number of nitrogens with zero attached hydrogens (tertiary/aromatic N) is 5. The molecule has 0 bridgehead atoms. The van der Waals surface area contributed by atoms with Crippen molar-refractivity contribution in [3.63, 3.8) is 0 Å². The van der Waals surface area contributed by atoms with Crippen molar-refractivity contribution in [3.8, 4) is 0 Å². The van der Waals surface area contributed by atoms with E-state index in [0.29, 0.717) is 12.1 Å². The molecule has 6 nitrogen and oxygen atoms in total. The molecule has 1 saturated heterocycles. The van der Waals surface area contributed by atoms with Crippen LogP contribution in [0.3, 0.4) is 0 Å². The molecule has 2 unspecified atom stereocenters. The van der Waals surface area contributed by atoms with Gasteiger partial charge in [-0.05, 0) is 18.6 Å². The minimum Gasteiger partial charge on any atom is -0.311 e. The summed E-state index contributed by atoms with van der Waals surface area (Å²) < 4.78 is 0. The maximum atomic E-state index is 4.26. The predicted molar refractivity (Wildman–Crippen MR) is 65.4 cm³/mol. The van der Waals surface area contributed by atoms with E-state index in [0.717, 1.165) is 25.5 Å². The van der Waals surface area contributed by atoms with Crippen LogP contribution >= 0.6 is 0 Å². The van der Waals surface area contributed by atoms with E-state index >= 15 is 0 Å². The summed E-state index contributed by atoms with van der Waals surface area (Å²) in [5.74, 6) is 0.822. The molecular weight excluding hydrogens is 216 g/mol. The molecule has 1 aromatic rings. The van der Waals surface area contributed by atoms with Gasteiger partial charge in [0, 0.05) is 25.2 Å². The zero-order valence-electron chi connectivity index (χ0n) is 10.9. The SMILES string of the molecule is CCCC1CNC(C)CN1Cc1nnn(C)n1. The molecule has 0 radical (unpaired) electrons. The minimum absolute atomic E-state index is 0.541. The highest BCUT2D eigenvalue weighted by Gasteiger charge is 2.26. The molecule has 17 heavy (non-hydrogen) atoms. The molecule has 6 heteroatoms. The molecule has 0 saturated carbocycles. The van der Waals surface area contributed by atoms with E-state index in [1.54, 1.807) is 7.05 Å². The Morgan fingerprint density at radius 1 is 1.47 bits per heavy atom. The molecule has 96 valence electrons. The number of rotatable bonds is 4. The van der Waals surface area contributed by atoms with Crippen molar-refractivity contribution < 1.29 is 0 Å². The van der Waals surface area contributed by atoms with Crippen molar-refractivity contribution >= 4 is 0 Å². The summed E-state index contributed by atoms with van der Waals surface area (Å²) in [5.41, 5.74) is 0. The molecular formula is C11H22N6. The van der Waals surface area contributed by atoms with Crippen molar-refractivity contribution in [1.82, 2.24) is 30.4 Å². The number of hydrogen-bond acceptors (Lipinski definition) is 5. The Morgan fingerprint density at radius 3 is 2.94 bits per heavy atom. The Kier molecular flexibility index (Phi) is 4.06. The largest absolute Gasteiger partial charge is 0.311 e. The van der Waals surface area contributed by atoms with E-state index in [-0.39, 0.29) is 0 Å². The van der Waals surface area contributed by atoms with Crippen LogP contribution in [-0.2, 0) is 13.6 Å². The lowest BCUT2D eigenvalue weighted by Crippen LogP contribution is -2.55. The molecule has 0 aromatic carbocycles. The molecule has 0 spiro atoms. The van der Waals surface area contributed by atoms with Gasteiger partial charge in [0.1, 0.15) is 0 Å².